The second kappa shape index (κ2) is 11.4. The monoisotopic (exact) mass is 447 g/mol. The second-order valence-electron chi connectivity index (χ2n) is 7.36. The van der Waals surface area contributed by atoms with Gasteiger partial charge in [0.25, 0.3) is 0 Å². The normalized spacial score (nSPS) is 10.3. The Morgan fingerprint density at radius 1 is 0.939 bits per heavy atom. The quantitative estimate of drug-likeness (QED) is 0.376. The lowest BCUT2D eigenvalue weighted by Crippen LogP contribution is -2.33. The van der Waals surface area contributed by atoms with Crippen molar-refractivity contribution < 1.29 is 23.9 Å². The van der Waals surface area contributed by atoms with E-state index in [1.165, 1.54) is 4.90 Å². The minimum atomic E-state index is -0.492. The van der Waals surface area contributed by atoms with E-state index in [9.17, 15) is 14.4 Å². The maximum Gasteiger partial charge on any atom is 0.344 e. The number of pyridine rings is 1. The van der Waals surface area contributed by atoms with Crippen LogP contribution in [0.2, 0.25) is 0 Å². The van der Waals surface area contributed by atoms with E-state index in [1.54, 1.807) is 49.5 Å². The van der Waals surface area contributed by atoms with Gasteiger partial charge in [0.05, 0.1) is 18.7 Å². The third-order valence-electron chi connectivity index (χ3n) is 4.74. The number of Topliss-reactive ketones (excluding diaryl/α,β-unsaturated/α-hetero) is 1. The molecule has 33 heavy (non-hydrogen) atoms. The molecule has 1 heterocycles. The molecule has 0 aliphatic carbocycles. The molecule has 1 amide bonds. The summed E-state index contributed by atoms with van der Waals surface area (Å²) in [4.78, 5) is 42.2. The highest BCUT2D eigenvalue weighted by Gasteiger charge is 2.16. The lowest BCUT2D eigenvalue weighted by molar-refractivity contribution is -0.147. The first-order valence-electron chi connectivity index (χ1n) is 10.3. The van der Waals surface area contributed by atoms with Crippen LogP contribution in [0.25, 0.3) is 0 Å². The van der Waals surface area contributed by atoms with E-state index < -0.39 is 5.97 Å². The number of aromatic nitrogens is 1. The van der Waals surface area contributed by atoms with Gasteiger partial charge in [-0.3, -0.25) is 9.59 Å². The van der Waals surface area contributed by atoms with Gasteiger partial charge in [-0.25, -0.2) is 9.78 Å². The van der Waals surface area contributed by atoms with Crippen molar-refractivity contribution in [3.8, 4) is 5.75 Å². The zero-order chi connectivity index (χ0) is 23.6. The standard InChI is InChI=1S/C25H25N3O5/c1-28(24(30)14-20-8-5-9-23(26)27-20)15-22(29)19-10-12-21(13-11-19)32-17-25(31)33-16-18-6-3-2-4-7-18/h2-13H,14-17H2,1H3,(H2,26,27). The first-order chi connectivity index (χ1) is 15.9. The molecule has 3 aromatic rings. The Hall–Kier alpha value is -4.20. The van der Waals surface area contributed by atoms with E-state index in [4.69, 9.17) is 15.2 Å². The number of nitrogen functional groups attached to an aromatic ring is 1. The van der Waals surface area contributed by atoms with E-state index in [2.05, 4.69) is 4.98 Å². The molecule has 0 atom stereocenters. The van der Waals surface area contributed by atoms with Crippen molar-refractivity contribution in [1.29, 1.82) is 0 Å². The fourth-order valence-electron chi connectivity index (χ4n) is 2.94. The summed E-state index contributed by atoms with van der Waals surface area (Å²) in [6, 6.07) is 20.8. The summed E-state index contributed by atoms with van der Waals surface area (Å²) >= 11 is 0. The summed E-state index contributed by atoms with van der Waals surface area (Å²) < 4.78 is 10.6. The van der Waals surface area contributed by atoms with E-state index in [1.807, 2.05) is 30.3 Å². The first-order valence-corrected chi connectivity index (χ1v) is 10.3. The van der Waals surface area contributed by atoms with Crippen LogP contribution in [0, 0.1) is 0 Å². The lowest BCUT2D eigenvalue weighted by atomic mass is 10.1. The molecule has 0 radical (unpaired) electrons. The molecule has 8 heteroatoms. The molecular weight excluding hydrogens is 422 g/mol. The molecular formula is C25H25N3O5. The van der Waals surface area contributed by atoms with Crippen molar-refractivity contribution >= 4 is 23.5 Å². The van der Waals surface area contributed by atoms with Crippen molar-refractivity contribution in [2.45, 2.75) is 13.0 Å². The topological polar surface area (TPSA) is 112 Å². The largest absolute Gasteiger partial charge is 0.482 e. The van der Waals surface area contributed by atoms with Crippen LogP contribution in [0.15, 0.2) is 72.8 Å². The number of amides is 1. The van der Waals surface area contributed by atoms with Crippen molar-refractivity contribution in [2.75, 3.05) is 25.9 Å². The van der Waals surface area contributed by atoms with Gasteiger partial charge in [-0.15, -0.1) is 0 Å². The second-order valence-corrected chi connectivity index (χ2v) is 7.36. The molecule has 0 bridgehead atoms. The van der Waals surface area contributed by atoms with Crippen LogP contribution in [0.4, 0.5) is 5.82 Å². The molecule has 0 saturated carbocycles. The fraction of sp³-hybridized carbons (Fsp3) is 0.200. The van der Waals surface area contributed by atoms with Gasteiger partial charge >= 0.3 is 5.97 Å². The van der Waals surface area contributed by atoms with Crippen LogP contribution in [-0.4, -0.2) is 47.7 Å². The maximum atomic E-state index is 12.5. The summed E-state index contributed by atoms with van der Waals surface area (Å²) in [5, 5.41) is 0. The van der Waals surface area contributed by atoms with Gasteiger partial charge in [0.2, 0.25) is 5.91 Å². The van der Waals surface area contributed by atoms with Crippen LogP contribution in [0.1, 0.15) is 21.6 Å². The molecule has 0 aliphatic rings. The highest BCUT2D eigenvalue weighted by atomic mass is 16.6. The molecule has 2 N–H and O–H groups in total. The van der Waals surface area contributed by atoms with Gasteiger partial charge in [-0.05, 0) is 42.0 Å². The summed E-state index contributed by atoms with van der Waals surface area (Å²) in [6.45, 7) is -0.140. The van der Waals surface area contributed by atoms with Crippen LogP contribution >= 0.6 is 0 Å². The highest BCUT2D eigenvalue weighted by Crippen LogP contribution is 2.13. The molecule has 8 nitrogen and oxygen atoms in total. The molecule has 170 valence electrons. The molecule has 1 aromatic heterocycles. The number of hydrogen-bond donors (Lipinski definition) is 1. The highest BCUT2D eigenvalue weighted by molar-refractivity contribution is 5.99. The molecule has 0 unspecified atom stereocenters. The van der Waals surface area contributed by atoms with E-state index >= 15 is 0 Å². The Labute approximate surface area is 191 Å². The number of rotatable bonds is 10. The average Bonchev–Trinajstić information content (AvgIpc) is 2.82. The summed E-state index contributed by atoms with van der Waals surface area (Å²) in [7, 11) is 1.56. The average molecular weight is 447 g/mol. The van der Waals surface area contributed by atoms with Gasteiger partial charge in [0.15, 0.2) is 12.4 Å². The van der Waals surface area contributed by atoms with E-state index in [-0.39, 0.29) is 37.9 Å². The Kier molecular flexibility index (Phi) is 8.13. The number of ether oxygens (including phenoxy) is 2. The molecule has 0 saturated heterocycles. The van der Waals surface area contributed by atoms with Gasteiger partial charge in [-0.1, -0.05) is 36.4 Å². The SMILES string of the molecule is CN(CC(=O)c1ccc(OCC(=O)OCc2ccccc2)cc1)C(=O)Cc1cccc(N)n1. The third kappa shape index (κ3) is 7.46. The number of nitrogens with two attached hydrogens (primary N) is 1. The number of benzene rings is 2. The number of carbonyl (C=O) groups excluding carboxylic acids is 3. The molecule has 3 rings (SSSR count). The molecule has 0 fully saturated rings. The van der Waals surface area contributed by atoms with Gasteiger partial charge in [-0.2, -0.15) is 0 Å². The maximum absolute atomic E-state index is 12.5. The van der Waals surface area contributed by atoms with Crippen LogP contribution in [0.3, 0.4) is 0 Å². The summed E-state index contributed by atoms with van der Waals surface area (Å²) in [5.74, 6) is -0.185. The molecule has 2 aromatic carbocycles. The number of anilines is 1. The zero-order valence-electron chi connectivity index (χ0n) is 18.3. The number of likely N-dealkylation sites (N-methyl/N-ethyl adjacent to an activating group) is 1. The first kappa shape index (κ1) is 23.5. The zero-order valence-corrected chi connectivity index (χ0v) is 18.3. The van der Waals surface area contributed by atoms with Crippen molar-refractivity contribution in [1.82, 2.24) is 9.88 Å². The van der Waals surface area contributed by atoms with Crippen molar-refractivity contribution in [3.05, 3.63) is 89.6 Å². The molecule has 0 spiro atoms. The number of ketones is 1. The van der Waals surface area contributed by atoms with E-state index in [0.717, 1.165) is 5.56 Å². The summed E-state index contributed by atoms with van der Waals surface area (Å²) in [6.07, 6.45) is 0.0575. The predicted octanol–water partition coefficient (Wildman–Crippen LogP) is 2.67. The van der Waals surface area contributed by atoms with Crippen LogP contribution in [-0.2, 0) is 27.4 Å². The fourth-order valence-corrected chi connectivity index (χ4v) is 2.94. The Balaban J connectivity index is 1.44. The van der Waals surface area contributed by atoms with Crippen LogP contribution < -0.4 is 10.5 Å². The minimum Gasteiger partial charge on any atom is -0.482 e. The van der Waals surface area contributed by atoms with Crippen LogP contribution in [0.5, 0.6) is 5.75 Å². The van der Waals surface area contributed by atoms with E-state index in [0.29, 0.717) is 22.8 Å². The number of carbonyl (C=O) groups is 3. The van der Waals surface area contributed by atoms with Gasteiger partial charge in [0.1, 0.15) is 18.2 Å². The Morgan fingerprint density at radius 3 is 2.36 bits per heavy atom. The third-order valence-corrected chi connectivity index (χ3v) is 4.74. The number of hydrogen-bond acceptors (Lipinski definition) is 7. The predicted molar refractivity (Wildman–Crippen MR) is 122 cm³/mol. The minimum absolute atomic E-state index is 0.0575. The smallest absolute Gasteiger partial charge is 0.344 e. The number of esters is 1. The van der Waals surface area contributed by atoms with Crippen molar-refractivity contribution in [2.24, 2.45) is 0 Å². The van der Waals surface area contributed by atoms with Gasteiger partial charge < -0.3 is 20.1 Å². The lowest BCUT2D eigenvalue weighted by Gasteiger charge is -2.16. The van der Waals surface area contributed by atoms with Gasteiger partial charge in [0, 0.05) is 12.6 Å². The summed E-state index contributed by atoms with van der Waals surface area (Å²) in [5.41, 5.74) is 7.49. The Bertz CT molecular complexity index is 1100. The number of nitrogens with zero attached hydrogens (tertiary/aromatic N) is 2. The Morgan fingerprint density at radius 2 is 1.67 bits per heavy atom. The van der Waals surface area contributed by atoms with Crippen molar-refractivity contribution in [3.63, 3.8) is 0 Å². The molecule has 0 aliphatic heterocycles.